The Bertz CT molecular complexity index is 1180. The molecule has 0 amide bonds. The Morgan fingerprint density at radius 1 is 0.274 bits per heavy atom. The van der Waals surface area contributed by atoms with Gasteiger partial charge in [0.05, 0.1) is 0 Å². The van der Waals surface area contributed by atoms with Gasteiger partial charge in [-0.15, -0.1) is 0 Å². The highest BCUT2D eigenvalue weighted by molar-refractivity contribution is 5.71. The van der Waals surface area contributed by atoms with Gasteiger partial charge in [0.1, 0.15) is 13.2 Å². The molecule has 0 radical (unpaired) electrons. The number of carbonyl (C=O) groups excluding carboxylic acids is 3. The molecule has 0 heterocycles. The van der Waals surface area contributed by atoms with Gasteiger partial charge in [-0.1, -0.05) is 321 Å². The Hall–Kier alpha value is -2.11. The Balaban J connectivity index is 4.29. The molecule has 0 aromatic carbocycles. The van der Waals surface area contributed by atoms with E-state index >= 15 is 0 Å². The maximum Gasteiger partial charge on any atom is 0.306 e. The van der Waals surface area contributed by atoms with E-state index in [0.717, 1.165) is 77.0 Å². The average Bonchev–Trinajstić information content (AvgIpc) is 3.39. The topological polar surface area (TPSA) is 78.9 Å². The minimum atomic E-state index is -0.773. The number of ether oxygens (including phenoxy) is 3. The Morgan fingerprint density at radius 3 is 0.767 bits per heavy atom. The normalized spacial score (nSPS) is 12.1. The van der Waals surface area contributed by atoms with Gasteiger partial charge in [-0.05, 0) is 51.4 Å². The van der Waals surface area contributed by atoms with Crippen molar-refractivity contribution in [2.45, 2.75) is 374 Å². The van der Waals surface area contributed by atoms with E-state index in [1.165, 1.54) is 250 Å². The van der Waals surface area contributed by atoms with Gasteiger partial charge in [0, 0.05) is 19.3 Å². The minimum absolute atomic E-state index is 0.0695. The number of hydrogen-bond acceptors (Lipinski definition) is 6. The maximum absolute atomic E-state index is 12.9. The summed E-state index contributed by atoms with van der Waals surface area (Å²) in [5, 5.41) is 0. The minimum Gasteiger partial charge on any atom is -0.462 e. The van der Waals surface area contributed by atoms with Gasteiger partial charge in [0.2, 0.25) is 0 Å². The van der Waals surface area contributed by atoms with Crippen molar-refractivity contribution in [2.24, 2.45) is 0 Å². The number of carbonyl (C=O) groups is 3. The van der Waals surface area contributed by atoms with E-state index in [9.17, 15) is 14.4 Å². The molecule has 430 valence electrons. The first-order valence-electron chi connectivity index (χ1n) is 32.8. The van der Waals surface area contributed by atoms with Gasteiger partial charge in [-0.25, -0.2) is 0 Å². The van der Waals surface area contributed by atoms with E-state index < -0.39 is 6.10 Å². The van der Waals surface area contributed by atoms with Crippen molar-refractivity contribution in [1.82, 2.24) is 0 Å². The van der Waals surface area contributed by atoms with Gasteiger partial charge >= 0.3 is 17.9 Å². The van der Waals surface area contributed by atoms with Crippen LogP contribution in [0.2, 0.25) is 0 Å². The van der Waals surface area contributed by atoms with Gasteiger partial charge < -0.3 is 14.2 Å². The predicted molar refractivity (Wildman–Crippen MR) is 316 cm³/mol. The molecule has 0 aromatic rings. The molecule has 0 N–H and O–H groups in total. The Kier molecular flexibility index (Phi) is 60.6. The van der Waals surface area contributed by atoms with Crippen LogP contribution in [0.15, 0.2) is 24.3 Å². The van der Waals surface area contributed by atoms with Crippen molar-refractivity contribution in [2.75, 3.05) is 13.2 Å². The summed E-state index contributed by atoms with van der Waals surface area (Å²) in [4.78, 5) is 38.3. The molecule has 6 nitrogen and oxygen atoms in total. The number of rotatable bonds is 61. The van der Waals surface area contributed by atoms with E-state index in [1.54, 1.807) is 0 Å². The van der Waals surface area contributed by atoms with Crippen LogP contribution in [0.3, 0.4) is 0 Å². The third kappa shape index (κ3) is 60.6. The molecule has 0 aliphatic heterocycles. The fourth-order valence-corrected chi connectivity index (χ4v) is 10.0. The summed E-state index contributed by atoms with van der Waals surface area (Å²) in [6.07, 6.45) is 74.7. The third-order valence-electron chi connectivity index (χ3n) is 15.0. The van der Waals surface area contributed by atoms with Crippen molar-refractivity contribution >= 4 is 17.9 Å². The van der Waals surface area contributed by atoms with Crippen LogP contribution >= 0.6 is 0 Å². The molecule has 0 fully saturated rings. The molecule has 1 atom stereocenters. The molecule has 0 saturated carbocycles. The fourth-order valence-electron chi connectivity index (χ4n) is 10.0. The second kappa shape index (κ2) is 62.4. The number of allylic oxidation sites excluding steroid dienone is 4. The first-order chi connectivity index (χ1) is 36.0. The van der Waals surface area contributed by atoms with Crippen LogP contribution in [0.25, 0.3) is 0 Å². The summed E-state index contributed by atoms with van der Waals surface area (Å²) in [6, 6.07) is 0. The van der Waals surface area contributed by atoms with Crippen LogP contribution in [0, 0.1) is 0 Å². The zero-order valence-corrected chi connectivity index (χ0v) is 49.4. The Labute approximate surface area is 455 Å². The third-order valence-corrected chi connectivity index (χ3v) is 15.0. The lowest BCUT2D eigenvalue weighted by Gasteiger charge is -2.18. The summed E-state index contributed by atoms with van der Waals surface area (Å²) in [6.45, 7) is 6.69. The molecule has 0 saturated heterocycles. The smallest absolute Gasteiger partial charge is 0.306 e. The lowest BCUT2D eigenvalue weighted by molar-refractivity contribution is -0.167. The van der Waals surface area contributed by atoms with E-state index in [0.29, 0.717) is 19.3 Å². The number of unbranched alkanes of at least 4 members (excludes halogenated alkanes) is 46. The highest BCUT2D eigenvalue weighted by Crippen LogP contribution is 2.18. The van der Waals surface area contributed by atoms with Gasteiger partial charge in [0.15, 0.2) is 6.10 Å². The van der Waals surface area contributed by atoms with Crippen LogP contribution in [-0.2, 0) is 28.6 Å². The standard InChI is InChI=1S/C67H126O6/c1-4-7-10-13-16-19-22-25-28-31-32-33-34-35-37-39-42-45-48-51-54-57-60-66(69)72-63-64(62-71-65(68)59-56-53-50-47-44-41-38-30-27-24-21-18-15-12-9-6-3)73-67(70)61-58-55-52-49-46-43-40-36-29-26-23-20-17-14-11-8-5-2/h21,24,30,38,64H,4-20,22-23,25-29,31-37,39-63H2,1-3H3/b24-21-,38-30-. The molecule has 1 unspecified atom stereocenters. The molecule has 0 rings (SSSR count). The number of hydrogen-bond donors (Lipinski definition) is 0. The molecule has 0 aliphatic rings. The SMILES string of the molecule is CCCCCC/C=C\C/C=C\CCCCCCCC(=O)OCC(COC(=O)CCCCCCCCCCCCCCCCCCCCCCCC)OC(=O)CCCCCCCCCCCCCCCCCCC. The molecular weight excluding hydrogens is 901 g/mol. The van der Waals surface area contributed by atoms with E-state index in [1.807, 2.05) is 0 Å². The summed E-state index contributed by atoms with van der Waals surface area (Å²) < 4.78 is 17.0. The summed E-state index contributed by atoms with van der Waals surface area (Å²) in [5.41, 5.74) is 0. The van der Waals surface area contributed by atoms with E-state index in [4.69, 9.17) is 14.2 Å². The molecule has 0 aromatic heterocycles. The monoisotopic (exact) mass is 1030 g/mol. The molecular formula is C67H126O6. The lowest BCUT2D eigenvalue weighted by atomic mass is 10.0. The van der Waals surface area contributed by atoms with E-state index in [-0.39, 0.29) is 31.1 Å². The van der Waals surface area contributed by atoms with Crippen molar-refractivity contribution < 1.29 is 28.6 Å². The maximum atomic E-state index is 12.9. The highest BCUT2D eigenvalue weighted by Gasteiger charge is 2.19. The van der Waals surface area contributed by atoms with Crippen molar-refractivity contribution in [3.05, 3.63) is 24.3 Å². The summed E-state index contributed by atoms with van der Waals surface area (Å²) >= 11 is 0. The highest BCUT2D eigenvalue weighted by atomic mass is 16.6. The molecule has 73 heavy (non-hydrogen) atoms. The van der Waals surface area contributed by atoms with Gasteiger partial charge in [-0.2, -0.15) is 0 Å². The summed E-state index contributed by atoms with van der Waals surface area (Å²) in [7, 11) is 0. The zero-order chi connectivity index (χ0) is 52.9. The van der Waals surface area contributed by atoms with Crippen molar-refractivity contribution in [3.8, 4) is 0 Å². The molecule has 6 heteroatoms. The second-order valence-corrected chi connectivity index (χ2v) is 22.4. The van der Waals surface area contributed by atoms with Crippen molar-refractivity contribution in [3.63, 3.8) is 0 Å². The van der Waals surface area contributed by atoms with Crippen LogP contribution in [0.4, 0.5) is 0 Å². The second-order valence-electron chi connectivity index (χ2n) is 22.4. The van der Waals surface area contributed by atoms with Crippen molar-refractivity contribution in [1.29, 1.82) is 0 Å². The average molecular weight is 1030 g/mol. The van der Waals surface area contributed by atoms with Crippen LogP contribution in [0.5, 0.6) is 0 Å². The van der Waals surface area contributed by atoms with Gasteiger partial charge in [0.25, 0.3) is 0 Å². The first kappa shape index (κ1) is 70.9. The van der Waals surface area contributed by atoms with Crippen LogP contribution < -0.4 is 0 Å². The molecule has 0 spiro atoms. The quantitative estimate of drug-likeness (QED) is 0.0261. The largest absolute Gasteiger partial charge is 0.462 e. The zero-order valence-electron chi connectivity index (χ0n) is 49.4. The Morgan fingerprint density at radius 2 is 0.493 bits per heavy atom. The van der Waals surface area contributed by atoms with E-state index in [2.05, 4.69) is 45.1 Å². The number of esters is 3. The predicted octanol–water partition coefficient (Wildman–Crippen LogP) is 22.2. The van der Waals surface area contributed by atoms with Crippen LogP contribution in [0.1, 0.15) is 367 Å². The molecule has 0 aliphatic carbocycles. The lowest BCUT2D eigenvalue weighted by Crippen LogP contribution is -2.30. The van der Waals surface area contributed by atoms with Gasteiger partial charge in [-0.3, -0.25) is 14.4 Å². The summed E-state index contributed by atoms with van der Waals surface area (Å²) in [5.74, 6) is -0.854. The first-order valence-corrected chi connectivity index (χ1v) is 32.8. The fraction of sp³-hybridized carbons (Fsp3) is 0.896. The van der Waals surface area contributed by atoms with Crippen LogP contribution in [-0.4, -0.2) is 37.2 Å². The molecule has 0 bridgehead atoms.